The molecule has 0 amide bonds. The number of hydrogen-bond donors (Lipinski definition) is 0. The molecule has 0 radical (unpaired) electrons. The van der Waals surface area contributed by atoms with Gasteiger partial charge in [0.15, 0.2) is 0 Å². The SMILES string of the molecule is BrCc1ccc(COc2ccc3ccccc3c2)cc1. The Morgan fingerprint density at radius 3 is 2.20 bits per heavy atom. The summed E-state index contributed by atoms with van der Waals surface area (Å²) in [6, 6.07) is 23.0. The van der Waals surface area contributed by atoms with Crippen molar-refractivity contribution in [2.75, 3.05) is 0 Å². The van der Waals surface area contributed by atoms with E-state index in [1.165, 1.54) is 21.9 Å². The largest absolute Gasteiger partial charge is 0.489 e. The van der Waals surface area contributed by atoms with Crippen LogP contribution < -0.4 is 4.74 Å². The summed E-state index contributed by atoms with van der Waals surface area (Å²) in [5.74, 6) is 0.910. The Bertz CT molecular complexity index is 704. The van der Waals surface area contributed by atoms with Crippen molar-refractivity contribution in [2.45, 2.75) is 11.9 Å². The number of ether oxygens (including phenoxy) is 1. The number of halogens is 1. The number of benzene rings is 3. The first-order chi connectivity index (χ1) is 9.85. The topological polar surface area (TPSA) is 9.23 Å². The van der Waals surface area contributed by atoms with Crippen molar-refractivity contribution in [1.82, 2.24) is 0 Å². The molecule has 3 aromatic rings. The van der Waals surface area contributed by atoms with Crippen LogP contribution in [-0.4, -0.2) is 0 Å². The lowest BCUT2D eigenvalue weighted by Crippen LogP contribution is -1.95. The van der Waals surface area contributed by atoms with Gasteiger partial charge in [0.25, 0.3) is 0 Å². The minimum atomic E-state index is 0.598. The summed E-state index contributed by atoms with van der Waals surface area (Å²) in [7, 11) is 0. The summed E-state index contributed by atoms with van der Waals surface area (Å²) < 4.78 is 5.86. The van der Waals surface area contributed by atoms with Crippen molar-refractivity contribution in [1.29, 1.82) is 0 Å². The van der Waals surface area contributed by atoms with Crippen LogP contribution in [0.2, 0.25) is 0 Å². The second-order valence-corrected chi connectivity index (χ2v) is 5.31. The van der Waals surface area contributed by atoms with Crippen LogP contribution in [-0.2, 0) is 11.9 Å². The molecule has 0 atom stereocenters. The highest BCUT2D eigenvalue weighted by Crippen LogP contribution is 2.21. The second kappa shape index (κ2) is 6.10. The van der Waals surface area contributed by atoms with E-state index in [4.69, 9.17) is 4.74 Å². The van der Waals surface area contributed by atoms with Crippen molar-refractivity contribution in [3.63, 3.8) is 0 Å². The fourth-order valence-corrected chi connectivity index (χ4v) is 2.52. The second-order valence-electron chi connectivity index (χ2n) is 4.75. The van der Waals surface area contributed by atoms with Gasteiger partial charge in [-0.2, -0.15) is 0 Å². The standard InChI is InChI=1S/C18H15BrO/c19-12-14-5-7-15(8-6-14)13-20-18-10-9-16-3-1-2-4-17(16)11-18/h1-11H,12-13H2. The summed E-state index contributed by atoms with van der Waals surface area (Å²) in [5, 5.41) is 3.33. The molecule has 0 spiro atoms. The molecule has 20 heavy (non-hydrogen) atoms. The fraction of sp³-hybridized carbons (Fsp3) is 0.111. The van der Waals surface area contributed by atoms with Crippen LogP contribution in [0.5, 0.6) is 5.75 Å². The monoisotopic (exact) mass is 326 g/mol. The lowest BCUT2D eigenvalue weighted by Gasteiger charge is -2.08. The molecule has 0 bridgehead atoms. The molecule has 0 aliphatic carbocycles. The third-order valence-electron chi connectivity index (χ3n) is 3.30. The predicted octanol–water partition coefficient (Wildman–Crippen LogP) is 5.31. The molecular formula is C18H15BrO. The van der Waals surface area contributed by atoms with E-state index < -0.39 is 0 Å². The van der Waals surface area contributed by atoms with E-state index in [0.29, 0.717) is 6.61 Å². The van der Waals surface area contributed by atoms with Crippen LogP contribution in [0.3, 0.4) is 0 Å². The normalized spacial score (nSPS) is 10.7. The first kappa shape index (κ1) is 13.2. The van der Waals surface area contributed by atoms with Crippen LogP contribution in [0.15, 0.2) is 66.7 Å². The maximum atomic E-state index is 5.86. The summed E-state index contributed by atoms with van der Waals surface area (Å²) in [6.07, 6.45) is 0. The molecule has 0 fully saturated rings. The molecule has 1 nitrogen and oxygen atoms in total. The van der Waals surface area contributed by atoms with Crippen molar-refractivity contribution in [3.05, 3.63) is 77.9 Å². The summed E-state index contributed by atoms with van der Waals surface area (Å²) in [4.78, 5) is 0. The molecule has 0 aliphatic rings. The Balaban J connectivity index is 1.72. The van der Waals surface area contributed by atoms with Crippen molar-refractivity contribution >= 4 is 26.7 Å². The number of fused-ring (bicyclic) bond motifs is 1. The van der Waals surface area contributed by atoms with Crippen molar-refractivity contribution < 1.29 is 4.74 Å². The molecule has 2 heteroatoms. The Kier molecular flexibility index (Phi) is 4.03. The van der Waals surface area contributed by atoms with Gasteiger partial charge >= 0.3 is 0 Å². The van der Waals surface area contributed by atoms with Gasteiger partial charge in [-0.05, 0) is 34.0 Å². The smallest absolute Gasteiger partial charge is 0.120 e. The van der Waals surface area contributed by atoms with Gasteiger partial charge in [0.2, 0.25) is 0 Å². The number of rotatable bonds is 4. The van der Waals surface area contributed by atoms with Gasteiger partial charge in [-0.3, -0.25) is 0 Å². The van der Waals surface area contributed by atoms with Gasteiger partial charge < -0.3 is 4.74 Å². The maximum absolute atomic E-state index is 5.86. The minimum absolute atomic E-state index is 0.598. The number of hydrogen-bond acceptors (Lipinski definition) is 1. The van der Waals surface area contributed by atoms with Crippen LogP contribution in [0.4, 0.5) is 0 Å². The van der Waals surface area contributed by atoms with E-state index in [2.05, 4.69) is 64.5 Å². The predicted molar refractivity (Wildman–Crippen MR) is 87.4 cm³/mol. The Morgan fingerprint density at radius 2 is 1.45 bits per heavy atom. The average molecular weight is 327 g/mol. The van der Waals surface area contributed by atoms with E-state index in [1.807, 2.05) is 18.2 Å². The molecular weight excluding hydrogens is 312 g/mol. The molecule has 3 aromatic carbocycles. The third-order valence-corrected chi connectivity index (χ3v) is 3.95. The van der Waals surface area contributed by atoms with E-state index in [1.54, 1.807) is 0 Å². The van der Waals surface area contributed by atoms with Gasteiger partial charge in [0.05, 0.1) is 0 Å². The van der Waals surface area contributed by atoms with E-state index in [-0.39, 0.29) is 0 Å². The first-order valence-corrected chi connectivity index (χ1v) is 7.73. The molecule has 0 unspecified atom stereocenters. The van der Waals surface area contributed by atoms with Gasteiger partial charge in [-0.25, -0.2) is 0 Å². The summed E-state index contributed by atoms with van der Waals surface area (Å²) >= 11 is 3.45. The first-order valence-electron chi connectivity index (χ1n) is 6.60. The zero-order valence-electron chi connectivity index (χ0n) is 11.1. The Morgan fingerprint density at radius 1 is 0.750 bits per heavy atom. The van der Waals surface area contributed by atoms with E-state index in [9.17, 15) is 0 Å². The highest BCUT2D eigenvalue weighted by molar-refractivity contribution is 9.08. The van der Waals surface area contributed by atoms with Gasteiger partial charge in [0, 0.05) is 5.33 Å². The van der Waals surface area contributed by atoms with Crippen molar-refractivity contribution in [2.24, 2.45) is 0 Å². The fourth-order valence-electron chi connectivity index (χ4n) is 2.15. The third kappa shape index (κ3) is 3.02. The lowest BCUT2D eigenvalue weighted by atomic mass is 10.1. The lowest BCUT2D eigenvalue weighted by molar-refractivity contribution is 0.306. The average Bonchev–Trinajstić information content (AvgIpc) is 2.53. The molecule has 3 rings (SSSR count). The zero-order chi connectivity index (χ0) is 13.8. The van der Waals surface area contributed by atoms with Gasteiger partial charge in [0.1, 0.15) is 12.4 Å². The quantitative estimate of drug-likeness (QED) is 0.590. The molecule has 0 saturated carbocycles. The zero-order valence-corrected chi connectivity index (χ0v) is 12.6. The van der Waals surface area contributed by atoms with Crippen LogP contribution in [0.25, 0.3) is 10.8 Å². The molecule has 0 N–H and O–H groups in total. The van der Waals surface area contributed by atoms with E-state index >= 15 is 0 Å². The molecule has 0 aliphatic heterocycles. The van der Waals surface area contributed by atoms with E-state index in [0.717, 1.165) is 11.1 Å². The Labute approximate surface area is 127 Å². The summed E-state index contributed by atoms with van der Waals surface area (Å²) in [6.45, 7) is 0.598. The molecule has 0 saturated heterocycles. The molecule has 100 valence electrons. The van der Waals surface area contributed by atoms with Crippen LogP contribution in [0, 0.1) is 0 Å². The Hall–Kier alpha value is -1.80. The molecule has 0 heterocycles. The molecule has 0 aromatic heterocycles. The minimum Gasteiger partial charge on any atom is -0.489 e. The van der Waals surface area contributed by atoms with Crippen LogP contribution >= 0.6 is 15.9 Å². The van der Waals surface area contributed by atoms with Crippen LogP contribution in [0.1, 0.15) is 11.1 Å². The highest BCUT2D eigenvalue weighted by atomic mass is 79.9. The van der Waals surface area contributed by atoms with Gasteiger partial charge in [-0.1, -0.05) is 70.5 Å². The summed E-state index contributed by atoms with van der Waals surface area (Å²) in [5.41, 5.74) is 2.46. The highest BCUT2D eigenvalue weighted by Gasteiger charge is 1.99. The maximum Gasteiger partial charge on any atom is 0.120 e. The van der Waals surface area contributed by atoms with Crippen molar-refractivity contribution in [3.8, 4) is 5.75 Å². The van der Waals surface area contributed by atoms with Gasteiger partial charge in [-0.15, -0.1) is 0 Å². The number of alkyl halides is 1.